The average Bonchev–Trinajstić information content (AvgIpc) is 2.26. The van der Waals surface area contributed by atoms with Gasteiger partial charge in [0.2, 0.25) is 0 Å². The first-order chi connectivity index (χ1) is 7.10. The zero-order valence-electron chi connectivity index (χ0n) is 8.32. The number of ether oxygens (including phenoxy) is 1. The lowest BCUT2D eigenvalue weighted by Crippen LogP contribution is -2.24. The molecule has 0 aliphatic rings. The molecule has 0 N–H and O–H groups in total. The lowest BCUT2D eigenvalue weighted by Gasteiger charge is -2.13. The second-order valence-electron chi connectivity index (χ2n) is 2.79. The number of nitrogens with zero attached hydrogens (tertiary/aromatic N) is 2. The van der Waals surface area contributed by atoms with Gasteiger partial charge in [-0.25, -0.2) is 4.39 Å². The Kier molecular flexibility index (Phi) is 3.24. The molecule has 1 rings (SSSR count). The number of benzene rings is 1. The Morgan fingerprint density at radius 3 is 2.73 bits per heavy atom. The number of methoxy groups -OCH3 is 1. The van der Waals surface area contributed by atoms with Crippen molar-refractivity contribution in [1.29, 1.82) is 5.26 Å². The van der Waals surface area contributed by atoms with Crippen molar-refractivity contribution in [3.8, 4) is 11.8 Å². The summed E-state index contributed by atoms with van der Waals surface area (Å²) in [6, 6.07) is 5.47. The Morgan fingerprint density at radius 1 is 1.60 bits per heavy atom. The van der Waals surface area contributed by atoms with Gasteiger partial charge < -0.3 is 9.64 Å². The molecule has 0 saturated heterocycles. The molecule has 0 bridgehead atoms. The maximum absolute atomic E-state index is 13.2. The van der Waals surface area contributed by atoms with E-state index < -0.39 is 11.7 Å². The quantitative estimate of drug-likeness (QED) is 0.689. The summed E-state index contributed by atoms with van der Waals surface area (Å²) in [5, 5.41) is 8.38. The minimum Gasteiger partial charge on any atom is -0.494 e. The lowest BCUT2D eigenvalue weighted by molar-refractivity contribution is -0.113. The molecule has 0 spiro atoms. The van der Waals surface area contributed by atoms with Gasteiger partial charge in [-0.2, -0.15) is 5.26 Å². The van der Waals surface area contributed by atoms with Gasteiger partial charge in [0, 0.05) is 18.8 Å². The van der Waals surface area contributed by atoms with Gasteiger partial charge in [-0.1, -0.05) is 0 Å². The molecule has 0 saturated carbocycles. The molecule has 0 fully saturated rings. The summed E-state index contributed by atoms with van der Waals surface area (Å²) in [6.45, 7) is 0. The maximum atomic E-state index is 13.2. The third-order valence-corrected chi connectivity index (χ3v) is 1.92. The molecule has 0 aromatic heterocycles. The van der Waals surface area contributed by atoms with Gasteiger partial charge in [0.05, 0.1) is 7.11 Å². The number of anilines is 1. The standard InChI is InChI=1S/C10H9FN2O2/c1-13(10(14)6-12)7-3-4-9(15-2)8(11)5-7/h3-5H,1-2H3. The summed E-state index contributed by atoms with van der Waals surface area (Å²) < 4.78 is 18.0. The molecule has 78 valence electrons. The number of nitriles is 1. The number of hydrogen-bond donors (Lipinski definition) is 0. The zero-order chi connectivity index (χ0) is 11.4. The van der Waals surface area contributed by atoms with Gasteiger partial charge in [-0.3, -0.25) is 4.79 Å². The Bertz CT molecular complexity index is 426. The molecule has 1 aromatic rings. The van der Waals surface area contributed by atoms with Crippen molar-refractivity contribution in [3.63, 3.8) is 0 Å². The zero-order valence-corrected chi connectivity index (χ0v) is 8.32. The first-order valence-electron chi connectivity index (χ1n) is 4.11. The van der Waals surface area contributed by atoms with Gasteiger partial charge in [0.1, 0.15) is 0 Å². The van der Waals surface area contributed by atoms with Crippen LogP contribution >= 0.6 is 0 Å². The normalized spacial score (nSPS) is 9.20. The third kappa shape index (κ3) is 2.23. The van der Waals surface area contributed by atoms with E-state index >= 15 is 0 Å². The molecule has 0 heterocycles. The number of amides is 1. The van der Waals surface area contributed by atoms with Gasteiger partial charge in [-0.05, 0) is 12.1 Å². The number of carbonyl (C=O) groups excluding carboxylic acids is 1. The summed E-state index contributed by atoms with van der Waals surface area (Å²) in [4.78, 5) is 12.0. The topological polar surface area (TPSA) is 53.3 Å². The molecule has 0 unspecified atom stereocenters. The van der Waals surface area contributed by atoms with E-state index in [9.17, 15) is 9.18 Å². The molecule has 0 aliphatic carbocycles. The van der Waals surface area contributed by atoms with Gasteiger partial charge in [0.25, 0.3) is 0 Å². The molecule has 1 aromatic carbocycles. The van der Waals surface area contributed by atoms with Crippen molar-refractivity contribution in [2.75, 3.05) is 19.1 Å². The summed E-state index contributed by atoms with van der Waals surface area (Å²) in [5.74, 6) is -1.23. The van der Waals surface area contributed by atoms with E-state index in [1.807, 2.05) is 0 Å². The summed E-state index contributed by atoms with van der Waals surface area (Å²) in [7, 11) is 2.75. The molecule has 0 atom stereocenters. The van der Waals surface area contributed by atoms with E-state index in [1.165, 1.54) is 32.4 Å². The van der Waals surface area contributed by atoms with Crippen molar-refractivity contribution in [1.82, 2.24) is 0 Å². The fraction of sp³-hybridized carbons (Fsp3) is 0.200. The van der Waals surface area contributed by atoms with Crippen LogP contribution < -0.4 is 9.64 Å². The molecule has 15 heavy (non-hydrogen) atoms. The number of carbonyl (C=O) groups is 1. The smallest absolute Gasteiger partial charge is 0.329 e. The van der Waals surface area contributed by atoms with Crippen molar-refractivity contribution in [2.24, 2.45) is 0 Å². The highest BCUT2D eigenvalue weighted by atomic mass is 19.1. The Labute approximate surface area is 86.5 Å². The van der Waals surface area contributed by atoms with Crippen LogP contribution in [0.2, 0.25) is 0 Å². The Morgan fingerprint density at radius 2 is 2.27 bits per heavy atom. The molecular formula is C10H9FN2O2. The predicted octanol–water partition coefficient (Wildman–Crippen LogP) is 1.32. The van der Waals surface area contributed by atoms with E-state index in [2.05, 4.69) is 0 Å². The molecule has 0 radical (unpaired) electrons. The predicted molar refractivity (Wildman–Crippen MR) is 52.0 cm³/mol. The second kappa shape index (κ2) is 4.42. The van der Waals surface area contributed by atoms with E-state index in [1.54, 1.807) is 0 Å². The molecule has 0 aliphatic heterocycles. The summed E-state index contributed by atoms with van der Waals surface area (Å²) >= 11 is 0. The average molecular weight is 208 g/mol. The van der Waals surface area contributed by atoms with Crippen LogP contribution in [0.25, 0.3) is 0 Å². The van der Waals surface area contributed by atoms with Gasteiger partial charge in [-0.15, -0.1) is 0 Å². The van der Waals surface area contributed by atoms with E-state index in [-0.39, 0.29) is 5.75 Å². The highest BCUT2D eigenvalue weighted by Gasteiger charge is 2.12. The SMILES string of the molecule is COc1ccc(N(C)C(=O)C#N)cc1F. The van der Waals surface area contributed by atoms with Gasteiger partial charge >= 0.3 is 5.91 Å². The highest BCUT2D eigenvalue weighted by molar-refractivity contribution is 6.03. The van der Waals surface area contributed by atoms with Crippen LogP contribution in [0.15, 0.2) is 18.2 Å². The van der Waals surface area contributed by atoms with Crippen LogP contribution in [-0.4, -0.2) is 20.1 Å². The van der Waals surface area contributed by atoms with Crippen LogP contribution in [0.3, 0.4) is 0 Å². The van der Waals surface area contributed by atoms with Crippen molar-refractivity contribution >= 4 is 11.6 Å². The van der Waals surface area contributed by atoms with E-state index in [0.29, 0.717) is 5.69 Å². The maximum Gasteiger partial charge on any atom is 0.329 e. The van der Waals surface area contributed by atoms with Crippen molar-refractivity contribution < 1.29 is 13.9 Å². The van der Waals surface area contributed by atoms with Crippen LogP contribution in [0.5, 0.6) is 5.75 Å². The largest absolute Gasteiger partial charge is 0.494 e. The Balaban J connectivity index is 3.03. The summed E-state index contributed by atoms with van der Waals surface area (Å²) in [6.07, 6.45) is 0. The molecule has 5 heteroatoms. The number of rotatable bonds is 2. The van der Waals surface area contributed by atoms with Crippen LogP contribution in [0.4, 0.5) is 10.1 Å². The summed E-state index contributed by atoms with van der Waals surface area (Å²) in [5.41, 5.74) is 0.305. The minimum absolute atomic E-state index is 0.0940. The van der Waals surface area contributed by atoms with Crippen molar-refractivity contribution in [2.45, 2.75) is 0 Å². The fourth-order valence-electron chi connectivity index (χ4n) is 1.06. The van der Waals surface area contributed by atoms with E-state index in [0.717, 1.165) is 11.0 Å². The van der Waals surface area contributed by atoms with Crippen LogP contribution in [0, 0.1) is 17.1 Å². The van der Waals surface area contributed by atoms with Crippen LogP contribution in [-0.2, 0) is 4.79 Å². The Hall–Kier alpha value is -2.09. The number of halogens is 1. The first-order valence-corrected chi connectivity index (χ1v) is 4.11. The monoisotopic (exact) mass is 208 g/mol. The fourth-order valence-corrected chi connectivity index (χ4v) is 1.06. The van der Waals surface area contributed by atoms with Gasteiger partial charge in [0.15, 0.2) is 17.6 Å². The van der Waals surface area contributed by atoms with E-state index in [4.69, 9.17) is 10.00 Å². The minimum atomic E-state index is -0.750. The molecular weight excluding hydrogens is 199 g/mol. The molecule has 4 nitrogen and oxygen atoms in total. The second-order valence-corrected chi connectivity index (χ2v) is 2.79. The van der Waals surface area contributed by atoms with Crippen molar-refractivity contribution in [3.05, 3.63) is 24.0 Å². The molecule has 1 amide bonds. The van der Waals surface area contributed by atoms with Crippen LogP contribution in [0.1, 0.15) is 0 Å². The third-order valence-electron chi connectivity index (χ3n) is 1.92. The lowest BCUT2D eigenvalue weighted by atomic mass is 10.2. The number of hydrogen-bond acceptors (Lipinski definition) is 3. The highest BCUT2D eigenvalue weighted by Crippen LogP contribution is 2.22. The first kappa shape index (κ1) is 11.0.